The number of nitrogens with zero attached hydrogens (tertiary/aromatic N) is 2. The van der Waals surface area contributed by atoms with E-state index in [1.54, 1.807) is 11.9 Å². The molecule has 6 heteroatoms. The van der Waals surface area contributed by atoms with Gasteiger partial charge in [-0.15, -0.1) is 0 Å². The molecule has 124 valence electrons. The fourth-order valence-electron chi connectivity index (χ4n) is 2.87. The number of aliphatic carboxylic acids is 1. The summed E-state index contributed by atoms with van der Waals surface area (Å²) in [5, 5.41) is 8.69. The number of carboxylic acid groups (broad SMARTS) is 1. The van der Waals surface area contributed by atoms with E-state index in [0.717, 1.165) is 5.56 Å². The first kappa shape index (κ1) is 17.0. The van der Waals surface area contributed by atoms with Crippen LogP contribution in [0.1, 0.15) is 31.4 Å². The first-order valence-corrected chi connectivity index (χ1v) is 7.71. The molecule has 2 rings (SSSR count). The van der Waals surface area contributed by atoms with Gasteiger partial charge in [0.15, 0.2) is 0 Å². The highest BCUT2D eigenvalue weighted by atomic mass is 16.4. The quantitative estimate of drug-likeness (QED) is 0.863. The van der Waals surface area contributed by atoms with Crippen LogP contribution in [0.3, 0.4) is 0 Å². The monoisotopic (exact) mass is 318 g/mol. The molecule has 2 atom stereocenters. The fraction of sp³-hybridized carbons (Fsp3) is 0.471. The van der Waals surface area contributed by atoms with Crippen molar-refractivity contribution in [3.05, 3.63) is 35.9 Å². The number of carboxylic acids is 1. The molecule has 2 amide bonds. The van der Waals surface area contributed by atoms with Crippen LogP contribution in [0.2, 0.25) is 0 Å². The maximum Gasteiger partial charge on any atom is 0.305 e. The number of hydrogen-bond acceptors (Lipinski definition) is 3. The molecule has 1 aromatic rings. The minimum Gasteiger partial charge on any atom is -0.481 e. The SMILES string of the molecule is C[C@H](c1ccccc1)N1C[C@H](C(=O)N(C)CCC(=O)O)CC1=O. The first-order valence-electron chi connectivity index (χ1n) is 7.71. The number of carbonyl (C=O) groups is 3. The summed E-state index contributed by atoms with van der Waals surface area (Å²) in [7, 11) is 1.58. The smallest absolute Gasteiger partial charge is 0.305 e. The Morgan fingerprint density at radius 3 is 2.61 bits per heavy atom. The molecule has 23 heavy (non-hydrogen) atoms. The van der Waals surface area contributed by atoms with E-state index in [4.69, 9.17) is 5.11 Å². The normalized spacial score (nSPS) is 18.8. The molecule has 0 aromatic heterocycles. The Morgan fingerprint density at radius 1 is 1.35 bits per heavy atom. The Hall–Kier alpha value is -2.37. The molecule has 1 aliphatic rings. The van der Waals surface area contributed by atoms with E-state index in [-0.39, 0.29) is 37.2 Å². The molecule has 1 fully saturated rings. The average Bonchev–Trinajstić information content (AvgIpc) is 2.93. The highest BCUT2D eigenvalue weighted by Crippen LogP contribution is 2.29. The van der Waals surface area contributed by atoms with Gasteiger partial charge in [-0.25, -0.2) is 0 Å². The lowest BCUT2D eigenvalue weighted by molar-refractivity contribution is -0.139. The lowest BCUT2D eigenvalue weighted by Crippen LogP contribution is -2.36. The van der Waals surface area contributed by atoms with Crippen molar-refractivity contribution in [1.29, 1.82) is 0 Å². The van der Waals surface area contributed by atoms with Gasteiger partial charge in [-0.1, -0.05) is 30.3 Å². The third-order valence-corrected chi connectivity index (χ3v) is 4.29. The van der Waals surface area contributed by atoms with Crippen LogP contribution in [0.15, 0.2) is 30.3 Å². The van der Waals surface area contributed by atoms with Crippen LogP contribution in [0.5, 0.6) is 0 Å². The van der Waals surface area contributed by atoms with E-state index in [1.165, 1.54) is 4.90 Å². The Kier molecular flexibility index (Phi) is 5.36. The van der Waals surface area contributed by atoms with Crippen molar-refractivity contribution in [3.8, 4) is 0 Å². The summed E-state index contributed by atoms with van der Waals surface area (Å²) < 4.78 is 0. The van der Waals surface area contributed by atoms with Gasteiger partial charge in [0, 0.05) is 26.6 Å². The van der Waals surface area contributed by atoms with E-state index >= 15 is 0 Å². The molecule has 0 unspecified atom stereocenters. The van der Waals surface area contributed by atoms with Gasteiger partial charge in [0.25, 0.3) is 0 Å². The average molecular weight is 318 g/mol. The molecule has 1 saturated heterocycles. The van der Waals surface area contributed by atoms with Gasteiger partial charge < -0.3 is 14.9 Å². The fourth-order valence-corrected chi connectivity index (χ4v) is 2.87. The van der Waals surface area contributed by atoms with Gasteiger partial charge in [0.2, 0.25) is 11.8 Å². The molecule has 0 saturated carbocycles. The Morgan fingerprint density at radius 2 is 2.00 bits per heavy atom. The van der Waals surface area contributed by atoms with Gasteiger partial charge >= 0.3 is 5.97 Å². The molecule has 0 radical (unpaired) electrons. The van der Waals surface area contributed by atoms with Crippen LogP contribution in [-0.4, -0.2) is 52.8 Å². The van der Waals surface area contributed by atoms with Crippen LogP contribution in [0.25, 0.3) is 0 Å². The third-order valence-electron chi connectivity index (χ3n) is 4.29. The van der Waals surface area contributed by atoms with Crippen molar-refractivity contribution < 1.29 is 19.5 Å². The van der Waals surface area contributed by atoms with Gasteiger partial charge in [-0.3, -0.25) is 14.4 Å². The predicted octanol–water partition coefficient (Wildman–Crippen LogP) is 1.53. The summed E-state index contributed by atoms with van der Waals surface area (Å²) >= 11 is 0. The maximum atomic E-state index is 12.4. The van der Waals surface area contributed by atoms with Crippen LogP contribution < -0.4 is 0 Å². The minimum absolute atomic E-state index is 0.0358. The maximum absolute atomic E-state index is 12.4. The number of carbonyl (C=O) groups excluding carboxylic acids is 2. The predicted molar refractivity (Wildman–Crippen MR) is 84.6 cm³/mol. The number of rotatable bonds is 6. The van der Waals surface area contributed by atoms with Crippen molar-refractivity contribution in [3.63, 3.8) is 0 Å². The topological polar surface area (TPSA) is 77.9 Å². The standard InChI is InChI=1S/C17H22N2O4/c1-12(13-6-4-3-5-7-13)19-11-14(10-15(19)20)17(23)18(2)9-8-16(21)22/h3-7,12,14H,8-11H2,1-2H3,(H,21,22)/t12-,14-/m1/s1. The zero-order chi connectivity index (χ0) is 17.0. The Labute approximate surface area is 135 Å². The lowest BCUT2D eigenvalue weighted by Gasteiger charge is -2.26. The van der Waals surface area contributed by atoms with Crippen molar-refractivity contribution in [1.82, 2.24) is 9.80 Å². The molecule has 1 N–H and O–H groups in total. The van der Waals surface area contributed by atoms with E-state index < -0.39 is 11.9 Å². The van der Waals surface area contributed by atoms with Crippen LogP contribution in [0, 0.1) is 5.92 Å². The highest BCUT2D eigenvalue weighted by molar-refractivity contribution is 5.89. The summed E-state index contributed by atoms with van der Waals surface area (Å²) in [6.45, 7) is 2.49. The highest BCUT2D eigenvalue weighted by Gasteiger charge is 2.38. The van der Waals surface area contributed by atoms with Crippen molar-refractivity contribution >= 4 is 17.8 Å². The van der Waals surface area contributed by atoms with Crippen molar-refractivity contribution in [2.45, 2.75) is 25.8 Å². The lowest BCUT2D eigenvalue weighted by atomic mass is 10.1. The molecular formula is C17H22N2O4. The zero-order valence-electron chi connectivity index (χ0n) is 13.4. The van der Waals surface area contributed by atoms with Gasteiger partial charge in [0.05, 0.1) is 18.4 Å². The largest absolute Gasteiger partial charge is 0.481 e. The molecule has 6 nitrogen and oxygen atoms in total. The van der Waals surface area contributed by atoms with Crippen molar-refractivity contribution in [2.75, 3.05) is 20.1 Å². The first-order chi connectivity index (χ1) is 10.9. The molecule has 1 aliphatic heterocycles. The summed E-state index contributed by atoms with van der Waals surface area (Å²) in [6, 6.07) is 9.62. The van der Waals surface area contributed by atoms with Crippen LogP contribution >= 0.6 is 0 Å². The van der Waals surface area contributed by atoms with Crippen LogP contribution in [-0.2, 0) is 14.4 Å². The molecule has 1 aromatic carbocycles. The van der Waals surface area contributed by atoms with Gasteiger partial charge in [-0.2, -0.15) is 0 Å². The second-order valence-corrected chi connectivity index (χ2v) is 5.94. The third kappa shape index (κ3) is 4.09. The molecule has 0 spiro atoms. The summed E-state index contributed by atoms with van der Waals surface area (Å²) in [5.41, 5.74) is 1.04. The Balaban J connectivity index is 1.99. The van der Waals surface area contributed by atoms with E-state index in [9.17, 15) is 14.4 Å². The minimum atomic E-state index is -0.938. The molecule has 1 heterocycles. The number of hydrogen-bond donors (Lipinski definition) is 1. The number of benzene rings is 1. The number of amides is 2. The molecule has 0 bridgehead atoms. The number of likely N-dealkylation sites (tertiary alicyclic amines) is 1. The Bertz CT molecular complexity index is 588. The molecular weight excluding hydrogens is 296 g/mol. The van der Waals surface area contributed by atoms with Crippen LogP contribution in [0.4, 0.5) is 0 Å². The summed E-state index contributed by atoms with van der Waals surface area (Å²) in [5.74, 6) is -1.53. The summed E-state index contributed by atoms with van der Waals surface area (Å²) in [4.78, 5) is 38.3. The van der Waals surface area contributed by atoms with Gasteiger partial charge in [-0.05, 0) is 12.5 Å². The second-order valence-electron chi connectivity index (χ2n) is 5.94. The van der Waals surface area contributed by atoms with E-state index in [0.29, 0.717) is 6.54 Å². The zero-order valence-corrected chi connectivity index (χ0v) is 13.4. The second kappa shape index (κ2) is 7.26. The molecule has 0 aliphatic carbocycles. The van der Waals surface area contributed by atoms with E-state index in [1.807, 2.05) is 37.3 Å². The van der Waals surface area contributed by atoms with Crippen molar-refractivity contribution in [2.24, 2.45) is 5.92 Å². The van der Waals surface area contributed by atoms with Gasteiger partial charge in [0.1, 0.15) is 0 Å². The van der Waals surface area contributed by atoms with E-state index in [2.05, 4.69) is 0 Å². The summed E-state index contributed by atoms with van der Waals surface area (Å²) in [6.07, 6.45) is 0.0977.